The van der Waals surface area contributed by atoms with Gasteiger partial charge in [-0.3, -0.25) is 14.6 Å². The molecule has 2 fully saturated rings. The van der Waals surface area contributed by atoms with Crippen molar-refractivity contribution < 1.29 is 9.59 Å². The van der Waals surface area contributed by atoms with E-state index in [2.05, 4.69) is 29.2 Å². The summed E-state index contributed by atoms with van der Waals surface area (Å²) in [5.74, 6) is 0.787. The van der Waals surface area contributed by atoms with Crippen molar-refractivity contribution in [1.82, 2.24) is 14.8 Å². The van der Waals surface area contributed by atoms with Crippen molar-refractivity contribution in [1.29, 1.82) is 0 Å². The number of amides is 2. The molecule has 2 aromatic carbocycles. The lowest BCUT2D eigenvalue weighted by Crippen LogP contribution is -2.51. The summed E-state index contributed by atoms with van der Waals surface area (Å²) in [6, 6.07) is 20.2. The molecule has 1 aliphatic carbocycles. The van der Waals surface area contributed by atoms with Crippen LogP contribution in [0.3, 0.4) is 0 Å². The van der Waals surface area contributed by atoms with E-state index in [1.165, 1.54) is 16.7 Å². The molecule has 2 aliphatic heterocycles. The molecule has 5 nitrogen and oxygen atoms in total. The fraction of sp³-hybridized carbons (Fsp3) is 0.367. The highest BCUT2D eigenvalue weighted by Crippen LogP contribution is 2.49. The molecule has 3 heterocycles. The zero-order valence-electron chi connectivity index (χ0n) is 20.3. The first-order valence-electron chi connectivity index (χ1n) is 12.8. The number of nitrogens with zero attached hydrogens (tertiary/aromatic N) is 3. The molecule has 2 atom stereocenters. The third kappa shape index (κ3) is 4.41. The largest absolute Gasteiger partial charge is 0.342 e. The summed E-state index contributed by atoms with van der Waals surface area (Å²) in [7, 11) is 0. The van der Waals surface area contributed by atoms with Crippen LogP contribution in [-0.2, 0) is 29.1 Å². The Labute approximate surface area is 217 Å². The van der Waals surface area contributed by atoms with Gasteiger partial charge in [-0.1, -0.05) is 48.0 Å². The summed E-state index contributed by atoms with van der Waals surface area (Å²) in [6.45, 7) is 2.47. The standard InChI is InChI=1S/C30H30ClN3O2/c31-25-7-5-22(6-8-25)26-17-27(26)28(35)33-15-11-30(12-16-33)18-23-3-1-2-4-24(23)20-34(29(30)36)19-21-9-13-32-14-10-21/h1-10,13-14,26-27H,11-12,15-20H2/t26-,27-/m0/s1. The van der Waals surface area contributed by atoms with Crippen LogP contribution in [0.5, 0.6) is 0 Å². The highest BCUT2D eigenvalue weighted by Gasteiger charge is 2.50. The minimum Gasteiger partial charge on any atom is -0.342 e. The minimum atomic E-state index is -0.463. The Hall–Kier alpha value is -3.18. The summed E-state index contributed by atoms with van der Waals surface area (Å²) in [4.78, 5) is 35.5. The molecule has 0 radical (unpaired) electrons. The number of carbonyl (C=O) groups excluding carboxylic acids is 2. The lowest BCUT2D eigenvalue weighted by atomic mass is 9.72. The van der Waals surface area contributed by atoms with Crippen molar-refractivity contribution in [3.8, 4) is 0 Å². The van der Waals surface area contributed by atoms with E-state index in [1.54, 1.807) is 12.4 Å². The van der Waals surface area contributed by atoms with Crippen molar-refractivity contribution in [2.24, 2.45) is 11.3 Å². The zero-order chi connectivity index (χ0) is 24.7. The Balaban J connectivity index is 1.18. The van der Waals surface area contributed by atoms with Crippen LogP contribution < -0.4 is 0 Å². The third-order valence-electron chi connectivity index (χ3n) is 8.31. The number of likely N-dealkylation sites (tertiary alicyclic amines) is 1. The maximum absolute atomic E-state index is 14.1. The predicted molar refractivity (Wildman–Crippen MR) is 139 cm³/mol. The van der Waals surface area contributed by atoms with Gasteiger partial charge in [-0.15, -0.1) is 0 Å². The van der Waals surface area contributed by atoms with Gasteiger partial charge in [-0.05, 0) is 78.1 Å². The molecule has 0 bridgehead atoms. The summed E-state index contributed by atoms with van der Waals surface area (Å²) >= 11 is 6.03. The molecule has 1 spiro atoms. The summed E-state index contributed by atoms with van der Waals surface area (Å²) in [5.41, 5.74) is 4.29. The van der Waals surface area contributed by atoms with Crippen molar-refractivity contribution in [3.05, 3.63) is 100 Å². The molecule has 6 rings (SSSR count). The molecule has 1 aromatic heterocycles. The minimum absolute atomic E-state index is 0.0500. The van der Waals surface area contributed by atoms with Gasteiger partial charge in [-0.25, -0.2) is 0 Å². The van der Waals surface area contributed by atoms with Crippen LogP contribution in [0, 0.1) is 11.3 Å². The summed E-state index contributed by atoms with van der Waals surface area (Å²) in [6.07, 6.45) is 6.61. The van der Waals surface area contributed by atoms with Gasteiger partial charge in [0.05, 0.1) is 5.41 Å². The van der Waals surface area contributed by atoms with E-state index in [0.717, 1.165) is 23.4 Å². The van der Waals surface area contributed by atoms with Gasteiger partial charge in [0.25, 0.3) is 0 Å². The van der Waals surface area contributed by atoms with E-state index in [0.29, 0.717) is 39.0 Å². The number of fused-ring (bicyclic) bond motifs is 1. The van der Waals surface area contributed by atoms with E-state index >= 15 is 0 Å². The van der Waals surface area contributed by atoms with Crippen molar-refractivity contribution >= 4 is 23.4 Å². The molecular weight excluding hydrogens is 470 g/mol. The molecule has 3 aromatic rings. The molecular formula is C30H30ClN3O2. The number of piperidine rings is 1. The molecule has 6 heteroatoms. The van der Waals surface area contributed by atoms with Gasteiger partial charge < -0.3 is 9.80 Å². The van der Waals surface area contributed by atoms with E-state index in [-0.39, 0.29) is 23.7 Å². The van der Waals surface area contributed by atoms with Crippen LogP contribution in [0.25, 0.3) is 0 Å². The Morgan fingerprint density at radius 3 is 2.39 bits per heavy atom. The molecule has 3 aliphatic rings. The first kappa shape index (κ1) is 23.2. The second kappa shape index (κ2) is 9.36. The quantitative estimate of drug-likeness (QED) is 0.493. The molecule has 36 heavy (non-hydrogen) atoms. The van der Waals surface area contributed by atoms with Gasteiger partial charge in [0.1, 0.15) is 0 Å². The fourth-order valence-electron chi connectivity index (χ4n) is 6.10. The zero-order valence-corrected chi connectivity index (χ0v) is 21.0. The van der Waals surface area contributed by atoms with Crippen LogP contribution in [0.4, 0.5) is 0 Å². The Bertz CT molecular complexity index is 1270. The predicted octanol–water partition coefficient (Wildman–Crippen LogP) is 5.23. The van der Waals surface area contributed by atoms with Crippen LogP contribution >= 0.6 is 11.6 Å². The van der Waals surface area contributed by atoms with Gasteiger partial charge >= 0.3 is 0 Å². The number of aromatic nitrogens is 1. The second-order valence-corrected chi connectivity index (χ2v) is 11.0. The third-order valence-corrected chi connectivity index (χ3v) is 8.56. The Morgan fingerprint density at radius 2 is 1.67 bits per heavy atom. The monoisotopic (exact) mass is 499 g/mol. The topological polar surface area (TPSA) is 53.5 Å². The van der Waals surface area contributed by atoms with Crippen molar-refractivity contribution in [2.45, 2.75) is 44.7 Å². The maximum Gasteiger partial charge on any atom is 0.229 e. The highest BCUT2D eigenvalue weighted by atomic mass is 35.5. The lowest BCUT2D eigenvalue weighted by Gasteiger charge is -2.42. The Morgan fingerprint density at radius 1 is 0.972 bits per heavy atom. The highest BCUT2D eigenvalue weighted by molar-refractivity contribution is 6.30. The number of hydrogen-bond acceptors (Lipinski definition) is 3. The van der Waals surface area contributed by atoms with Gasteiger partial charge in [0.15, 0.2) is 0 Å². The fourth-order valence-corrected chi connectivity index (χ4v) is 6.23. The summed E-state index contributed by atoms with van der Waals surface area (Å²) in [5, 5.41) is 0.719. The molecule has 1 saturated carbocycles. The van der Waals surface area contributed by atoms with Crippen LogP contribution in [0.15, 0.2) is 73.1 Å². The van der Waals surface area contributed by atoms with Gasteiger partial charge in [-0.2, -0.15) is 0 Å². The molecule has 1 saturated heterocycles. The van der Waals surface area contributed by atoms with Gasteiger partial charge in [0.2, 0.25) is 11.8 Å². The van der Waals surface area contributed by atoms with Crippen molar-refractivity contribution in [2.75, 3.05) is 13.1 Å². The second-order valence-electron chi connectivity index (χ2n) is 10.6. The number of rotatable bonds is 4. The molecule has 2 amide bonds. The Kier molecular flexibility index (Phi) is 6.04. The van der Waals surface area contributed by atoms with Crippen LogP contribution in [0.1, 0.15) is 47.4 Å². The number of halogens is 1. The number of carbonyl (C=O) groups is 2. The van der Waals surface area contributed by atoms with E-state index < -0.39 is 5.41 Å². The molecule has 0 unspecified atom stereocenters. The van der Waals surface area contributed by atoms with E-state index in [4.69, 9.17) is 11.6 Å². The van der Waals surface area contributed by atoms with Crippen LogP contribution in [0.2, 0.25) is 5.02 Å². The molecule has 0 N–H and O–H groups in total. The average Bonchev–Trinajstić information content (AvgIpc) is 3.72. The normalized spacial score (nSPS) is 22.8. The van der Waals surface area contributed by atoms with E-state index in [9.17, 15) is 9.59 Å². The number of benzene rings is 2. The molecule has 184 valence electrons. The smallest absolute Gasteiger partial charge is 0.229 e. The first-order valence-corrected chi connectivity index (χ1v) is 13.2. The SMILES string of the molecule is O=C([C@H]1C[C@H]1c1ccc(Cl)cc1)N1CCC2(CC1)Cc1ccccc1CN(Cc1ccncc1)C2=O. The summed E-state index contributed by atoms with van der Waals surface area (Å²) < 4.78 is 0. The number of hydrogen-bond donors (Lipinski definition) is 0. The average molecular weight is 500 g/mol. The number of pyridine rings is 1. The first-order chi connectivity index (χ1) is 17.5. The lowest BCUT2D eigenvalue weighted by molar-refractivity contribution is -0.149. The van der Waals surface area contributed by atoms with E-state index in [1.807, 2.05) is 46.2 Å². The van der Waals surface area contributed by atoms with Gasteiger partial charge in [0, 0.05) is 49.5 Å². The van der Waals surface area contributed by atoms with Crippen LogP contribution in [-0.4, -0.2) is 39.7 Å². The maximum atomic E-state index is 14.1. The van der Waals surface area contributed by atoms with Crippen molar-refractivity contribution in [3.63, 3.8) is 0 Å².